The molecular weight excluding hydrogens is 372 g/mol. The highest BCUT2D eigenvalue weighted by Crippen LogP contribution is 2.40. The van der Waals surface area contributed by atoms with Crippen LogP contribution in [0.3, 0.4) is 0 Å². The summed E-state index contributed by atoms with van der Waals surface area (Å²) in [5.74, 6) is 0.583. The molecule has 1 aromatic rings. The molecular formula is C22H34O5Si. The van der Waals surface area contributed by atoms with Gasteiger partial charge in [-0.1, -0.05) is 23.8 Å². The number of rotatable bonds is 9. The first-order chi connectivity index (χ1) is 13.2. The van der Waals surface area contributed by atoms with Crippen molar-refractivity contribution in [3.8, 4) is 5.75 Å². The van der Waals surface area contributed by atoms with E-state index < -0.39 is 13.7 Å². The number of methoxy groups -OCH3 is 1. The molecule has 0 saturated heterocycles. The number of benzene rings is 1. The molecule has 1 aromatic carbocycles. The quantitative estimate of drug-likeness (QED) is 0.337. The van der Waals surface area contributed by atoms with Crippen molar-refractivity contribution in [2.45, 2.75) is 59.0 Å². The topological polar surface area (TPSA) is 54.0 Å². The fourth-order valence-corrected chi connectivity index (χ4v) is 4.43. The van der Waals surface area contributed by atoms with Crippen molar-refractivity contribution in [1.82, 2.24) is 0 Å². The fraction of sp³-hybridized carbons (Fsp3) is 0.591. The number of carbonyl (C=O) groups is 1. The summed E-state index contributed by atoms with van der Waals surface area (Å²) >= 11 is 0. The van der Waals surface area contributed by atoms with Gasteiger partial charge < -0.3 is 18.6 Å². The summed E-state index contributed by atoms with van der Waals surface area (Å²) in [5, 5.41) is 0. The second-order valence-corrected chi connectivity index (χ2v) is 12.8. The van der Waals surface area contributed by atoms with Crippen LogP contribution in [0.2, 0.25) is 19.6 Å². The molecule has 1 aliphatic rings. The molecule has 6 heteroatoms. The van der Waals surface area contributed by atoms with Crippen molar-refractivity contribution in [2.75, 3.05) is 20.3 Å². The molecule has 0 amide bonds. The number of esters is 1. The van der Waals surface area contributed by atoms with Crippen LogP contribution in [-0.2, 0) is 25.3 Å². The van der Waals surface area contributed by atoms with Crippen LogP contribution < -0.4 is 4.74 Å². The van der Waals surface area contributed by atoms with Gasteiger partial charge in [-0.05, 0) is 64.0 Å². The smallest absolute Gasteiger partial charge is 0.317 e. The minimum atomic E-state index is -1.87. The third-order valence-electron chi connectivity index (χ3n) is 4.90. The van der Waals surface area contributed by atoms with Gasteiger partial charge in [-0.15, -0.1) is 0 Å². The standard InChI is InChI=1S/C22H34O5Si/c1-7-26-21(23)22(13-12-17(2)14-20(22)27-28(4,5)6)16-25-15-18-8-10-19(24-3)11-9-18/h8-11,14,20H,7,12-13,15-16H2,1-6H3/t20-,22+/m1/s1. The van der Waals surface area contributed by atoms with Gasteiger partial charge in [-0.25, -0.2) is 0 Å². The second-order valence-electron chi connectivity index (χ2n) is 8.38. The van der Waals surface area contributed by atoms with E-state index in [9.17, 15) is 4.79 Å². The lowest BCUT2D eigenvalue weighted by molar-refractivity contribution is -0.168. The molecule has 0 fully saturated rings. The van der Waals surface area contributed by atoms with Crippen molar-refractivity contribution >= 4 is 14.3 Å². The molecule has 0 radical (unpaired) electrons. The highest BCUT2D eigenvalue weighted by molar-refractivity contribution is 6.69. The zero-order chi connectivity index (χ0) is 20.8. The van der Waals surface area contributed by atoms with E-state index in [0.717, 1.165) is 17.7 Å². The summed E-state index contributed by atoms with van der Waals surface area (Å²) in [5.41, 5.74) is 1.48. The Kier molecular flexibility index (Phi) is 7.86. The first-order valence-electron chi connectivity index (χ1n) is 9.93. The monoisotopic (exact) mass is 406 g/mol. The molecule has 0 spiro atoms. The van der Waals surface area contributed by atoms with Crippen molar-refractivity contribution < 1.29 is 23.4 Å². The minimum Gasteiger partial charge on any atom is -0.497 e. The van der Waals surface area contributed by atoms with Crippen LogP contribution in [0.15, 0.2) is 35.9 Å². The van der Waals surface area contributed by atoms with Crippen LogP contribution in [-0.4, -0.2) is 40.7 Å². The lowest BCUT2D eigenvalue weighted by Crippen LogP contribution is -2.52. The van der Waals surface area contributed by atoms with Gasteiger partial charge in [-0.2, -0.15) is 0 Å². The van der Waals surface area contributed by atoms with E-state index in [1.54, 1.807) is 7.11 Å². The lowest BCUT2D eigenvalue weighted by Gasteiger charge is -2.42. The predicted octanol–water partition coefficient (Wildman–Crippen LogP) is 4.72. The zero-order valence-electron chi connectivity index (χ0n) is 18.0. The van der Waals surface area contributed by atoms with Gasteiger partial charge >= 0.3 is 5.97 Å². The molecule has 0 aromatic heterocycles. The molecule has 0 heterocycles. The Morgan fingerprint density at radius 1 is 1.21 bits per heavy atom. The van der Waals surface area contributed by atoms with Crippen LogP contribution in [0.4, 0.5) is 0 Å². The van der Waals surface area contributed by atoms with Gasteiger partial charge in [0.1, 0.15) is 11.2 Å². The average Bonchev–Trinajstić information content (AvgIpc) is 2.63. The molecule has 0 N–H and O–H groups in total. The Hall–Kier alpha value is -1.63. The fourth-order valence-electron chi connectivity index (χ4n) is 3.37. The Bertz CT molecular complexity index is 677. The van der Waals surface area contributed by atoms with Crippen LogP contribution in [0.1, 0.15) is 32.3 Å². The Balaban J connectivity index is 2.19. The maximum absolute atomic E-state index is 13.0. The number of carbonyl (C=O) groups excluding carboxylic acids is 1. The van der Waals surface area contributed by atoms with Gasteiger partial charge in [0, 0.05) is 0 Å². The SMILES string of the molecule is CCOC(=O)[C@]1(COCc2ccc(OC)cc2)CCC(C)=C[C@H]1O[Si](C)(C)C. The highest BCUT2D eigenvalue weighted by Gasteiger charge is 2.50. The van der Waals surface area contributed by atoms with Crippen LogP contribution in [0.5, 0.6) is 5.75 Å². The van der Waals surface area contributed by atoms with Crippen molar-refractivity contribution in [3.63, 3.8) is 0 Å². The van der Waals surface area contributed by atoms with E-state index in [0.29, 0.717) is 19.6 Å². The second kappa shape index (κ2) is 9.72. The van der Waals surface area contributed by atoms with Gasteiger partial charge in [0.15, 0.2) is 8.32 Å². The van der Waals surface area contributed by atoms with E-state index in [1.807, 2.05) is 31.2 Å². The lowest BCUT2D eigenvalue weighted by atomic mass is 9.73. The first-order valence-corrected chi connectivity index (χ1v) is 13.3. The normalized spacial score (nSPS) is 22.5. The van der Waals surface area contributed by atoms with E-state index in [-0.39, 0.29) is 18.7 Å². The van der Waals surface area contributed by atoms with E-state index in [1.165, 1.54) is 5.57 Å². The van der Waals surface area contributed by atoms with E-state index >= 15 is 0 Å². The Morgan fingerprint density at radius 3 is 2.46 bits per heavy atom. The third kappa shape index (κ3) is 5.93. The summed E-state index contributed by atoms with van der Waals surface area (Å²) < 4.78 is 23.1. The minimum absolute atomic E-state index is 0.225. The molecule has 0 saturated carbocycles. The van der Waals surface area contributed by atoms with Crippen LogP contribution in [0, 0.1) is 5.41 Å². The van der Waals surface area contributed by atoms with Crippen LogP contribution in [0.25, 0.3) is 0 Å². The van der Waals surface area contributed by atoms with Crippen molar-refractivity contribution in [2.24, 2.45) is 5.41 Å². The number of allylic oxidation sites excluding steroid dienone is 1. The average molecular weight is 407 g/mol. The van der Waals surface area contributed by atoms with Gasteiger partial charge in [0.2, 0.25) is 0 Å². The molecule has 1 aliphatic carbocycles. The van der Waals surface area contributed by atoms with Gasteiger partial charge in [-0.3, -0.25) is 4.79 Å². The summed E-state index contributed by atoms with van der Waals surface area (Å²) in [6.07, 6.45) is 3.29. The summed E-state index contributed by atoms with van der Waals surface area (Å²) in [4.78, 5) is 13.0. The van der Waals surface area contributed by atoms with Crippen molar-refractivity contribution in [1.29, 1.82) is 0 Å². The maximum Gasteiger partial charge on any atom is 0.317 e. The van der Waals surface area contributed by atoms with Crippen LogP contribution >= 0.6 is 0 Å². The number of hydrogen-bond acceptors (Lipinski definition) is 5. The Morgan fingerprint density at radius 2 is 1.89 bits per heavy atom. The molecule has 0 bridgehead atoms. The third-order valence-corrected chi connectivity index (χ3v) is 5.86. The molecule has 0 unspecified atom stereocenters. The molecule has 5 nitrogen and oxygen atoms in total. The summed E-state index contributed by atoms with van der Waals surface area (Å²) in [6, 6.07) is 7.75. The molecule has 28 heavy (non-hydrogen) atoms. The van der Waals surface area contributed by atoms with Gasteiger partial charge in [0.25, 0.3) is 0 Å². The summed E-state index contributed by atoms with van der Waals surface area (Å²) in [7, 11) is -0.223. The summed E-state index contributed by atoms with van der Waals surface area (Å²) in [6.45, 7) is 11.4. The van der Waals surface area contributed by atoms with Crippen molar-refractivity contribution in [3.05, 3.63) is 41.5 Å². The molecule has 156 valence electrons. The molecule has 2 atom stereocenters. The Labute approximate surface area is 170 Å². The maximum atomic E-state index is 13.0. The van der Waals surface area contributed by atoms with Gasteiger partial charge in [0.05, 0.1) is 33.0 Å². The number of hydrogen-bond donors (Lipinski definition) is 0. The largest absolute Gasteiger partial charge is 0.497 e. The van der Waals surface area contributed by atoms with E-state index in [4.69, 9.17) is 18.6 Å². The molecule has 0 aliphatic heterocycles. The predicted molar refractivity (Wildman–Crippen MR) is 113 cm³/mol. The number of ether oxygens (including phenoxy) is 3. The highest BCUT2D eigenvalue weighted by atomic mass is 28.4. The van der Waals surface area contributed by atoms with E-state index in [2.05, 4.69) is 32.6 Å². The zero-order valence-corrected chi connectivity index (χ0v) is 19.0. The first kappa shape index (κ1) is 22.7. The molecule has 2 rings (SSSR count).